The van der Waals surface area contributed by atoms with Gasteiger partial charge in [-0.3, -0.25) is 0 Å². The maximum absolute atomic E-state index is 14.6. The average Bonchev–Trinajstić information content (AvgIpc) is 2.79. The normalized spacial score (nSPS) is 18.2. The Morgan fingerprint density at radius 1 is 1.00 bits per heavy atom. The Morgan fingerprint density at radius 2 is 1.63 bits per heavy atom. The van der Waals surface area contributed by atoms with Crippen molar-refractivity contribution in [3.05, 3.63) is 83.7 Å². The number of rotatable bonds is 9. The molecule has 12 heteroatoms. The fraction of sp³-hybridized carbons (Fsp3) is 0.304. The van der Waals surface area contributed by atoms with Crippen LogP contribution in [0.4, 0.5) is 35.1 Å². The molecule has 2 aromatic carbocycles. The Labute approximate surface area is 194 Å². The summed E-state index contributed by atoms with van der Waals surface area (Å²) >= 11 is 0. The minimum Gasteiger partial charge on any atom is -0.429 e. The van der Waals surface area contributed by atoms with E-state index in [-0.39, 0.29) is 23.6 Å². The summed E-state index contributed by atoms with van der Waals surface area (Å²) in [5, 5.41) is 0. The minimum atomic E-state index is -4.41. The first-order valence-corrected chi connectivity index (χ1v) is 10.1. The SMILES string of the molecule is C=CCCC1COC(c2ccc(C(F)(F)Oc3cc(F)c(OC(F)=C(F)F)c(F)c3)c(F)c2)OC1. The first-order valence-electron chi connectivity index (χ1n) is 10.1. The number of alkyl halides is 2. The molecular weight excluding hydrogens is 492 g/mol. The van der Waals surface area contributed by atoms with Crippen molar-refractivity contribution in [2.45, 2.75) is 25.2 Å². The average molecular weight is 510 g/mol. The highest BCUT2D eigenvalue weighted by molar-refractivity contribution is 5.37. The molecule has 0 bridgehead atoms. The van der Waals surface area contributed by atoms with Crippen LogP contribution < -0.4 is 9.47 Å². The molecule has 2 aromatic rings. The van der Waals surface area contributed by atoms with Gasteiger partial charge in [-0.25, -0.2) is 13.2 Å². The molecule has 190 valence electrons. The lowest BCUT2D eigenvalue weighted by Crippen LogP contribution is -2.27. The van der Waals surface area contributed by atoms with Gasteiger partial charge in [-0.2, -0.15) is 22.0 Å². The summed E-state index contributed by atoms with van der Waals surface area (Å²) in [4.78, 5) is 0. The number of hydrogen-bond donors (Lipinski definition) is 0. The highest BCUT2D eigenvalue weighted by Crippen LogP contribution is 2.37. The van der Waals surface area contributed by atoms with Crippen LogP contribution in [0.15, 0.2) is 55.1 Å². The second-order valence-corrected chi connectivity index (χ2v) is 7.44. The van der Waals surface area contributed by atoms with Crippen LogP contribution in [0.3, 0.4) is 0 Å². The third kappa shape index (κ3) is 6.51. The van der Waals surface area contributed by atoms with Gasteiger partial charge in [-0.05, 0) is 25.0 Å². The second kappa shape index (κ2) is 11.1. The van der Waals surface area contributed by atoms with E-state index in [2.05, 4.69) is 16.1 Å². The number of hydrogen-bond acceptors (Lipinski definition) is 4. The molecule has 0 radical (unpaired) electrons. The van der Waals surface area contributed by atoms with E-state index in [0.717, 1.165) is 25.0 Å². The molecule has 0 atom stereocenters. The lowest BCUT2D eigenvalue weighted by Gasteiger charge is -2.29. The van der Waals surface area contributed by atoms with Crippen molar-refractivity contribution in [1.29, 1.82) is 0 Å². The van der Waals surface area contributed by atoms with E-state index in [0.29, 0.717) is 19.3 Å². The zero-order chi connectivity index (χ0) is 25.8. The lowest BCUT2D eigenvalue weighted by molar-refractivity contribution is -0.206. The third-order valence-electron chi connectivity index (χ3n) is 4.88. The number of halogens is 8. The van der Waals surface area contributed by atoms with Crippen LogP contribution in [0, 0.1) is 23.4 Å². The van der Waals surface area contributed by atoms with Crippen LogP contribution in [-0.2, 0) is 15.6 Å². The molecule has 3 rings (SSSR count). The number of allylic oxidation sites excluding steroid dienone is 1. The molecule has 1 saturated heterocycles. The molecule has 0 aliphatic carbocycles. The van der Waals surface area contributed by atoms with Gasteiger partial charge in [-0.15, -0.1) is 6.58 Å². The Bertz CT molecular complexity index is 1070. The van der Waals surface area contributed by atoms with Gasteiger partial charge in [0.25, 0.3) is 0 Å². The molecule has 0 spiro atoms. The summed E-state index contributed by atoms with van der Waals surface area (Å²) in [7, 11) is 0. The first-order chi connectivity index (χ1) is 16.5. The first kappa shape index (κ1) is 26.5. The van der Waals surface area contributed by atoms with Gasteiger partial charge in [0.2, 0.25) is 5.75 Å². The minimum absolute atomic E-state index is 0.104. The van der Waals surface area contributed by atoms with Crippen LogP contribution >= 0.6 is 0 Å². The number of ether oxygens (including phenoxy) is 4. The van der Waals surface area contributed by atoms with Crippen molar-refractivity contribution >= 4 is 0 Å². The van der Waals surface area contributed by atoms with Crippen LogP contribution in [0.2, 0.25) is 0 Å². The topological polar surface area (TPSA) is 36.9 Å². The van der Waals surface area contributed by atoms with Gasteiger partial charge in [0.15, 0.2) is 17.9 Å². The van der Waals surface area contributed by atoms with Gasteiger partial charge >= 0.3 is 18.2 Å². The van der Waals surface area contributed by atoms with E-state index in [1.807, 2.05) is 0 Å². The maximum atomic E-state index is 14.6. The Balaban J connectivity index is 1.73. The Morgan fingerprint density at radius 3 is 2.17 bits per heavy atom. The smallest absolute Gasteiger partial charge is 0.429 e. The molecule has 0 N–H and O–H groups in total. The van der Waals surface area contributed by atoms with Gasteiger partial charge < -0.3 is 18.9 Å². The van der Waals surface area contributed by atoms with E-state index < -0.39 is 59.0 Å². The fourth-order valence-corrected chi connectivity index (χ4v) is 3.19. The standard InChI is InChI=1S/C23H18F8O4/c1-2-3-4-12-10-32-22(33-11-12)13-5-6-15(16(24)7-13)23(30,31)35-14-8-17(25)19(18(26)9-14)34-21(29)20(27)28/h2,5-9,12,22H,1,3-4,10-11H2. The van der Waals surface area contributed by atoms with Crippen molar-refractivity contribution in [3.8, 4) is 11.5 Å². The van der Waals surface area contributed by atoms with Crippen LogP contribution in [0.25, 0.3) is 0 Å². The predicted molar refractivity (Wildman–Crippen MR) is 106 cm³/mol. The van der Waals surface area contributed by atoms with E-state index in [4.69, 9.17) is 9.47 Å². The third-order valence-corrected chi connectivity index (χ3v) is 4.88. The summed E-state index contributed by atoms with van der Waals surface area (Å²) in [5.41, 5.74) is -1.14. The summed E-state index contributed by atoms with van der Waals surface area (Å²) in [6.07, 6.45) is -5.10. The largest absolute Gasteiger partial charge is 0.429 e. The zero-order valence-electron chi connectivity index (χ0n) is 17.8. The second-order valence-electron chi connectivity index (χ2n) is 7.44. The van der Waals surface area contributed by atoms with Gasteiger partial charge in [0.05, 0.1) is 18.8 Å². The molecule has 1 fully saturated rings. The predicted octanol–water partition coefficient (Wildman–Crippen LogP) is 7.27. The molecule has 1 aliphatic heterocycles. The lowest BCUT2D eigenvalue weighted by atomic mass is 10.0. The molecule has 0 saturated carbocycles. The van der Waals surface area contributed by atoms with Gasteiger partial charge in [-0.1, -0.05) is 12.1 Å². The van der Waals surface area contributed by atoms with Crippen LogP contribution in [0.5, 0.6) is 11.5 Å². The quantitative estimate of drug-likeness (QED) is 0.202. The van der Waals surface area contributed by atoms with Crippen LogP contribution in [0.1, 0.15) is 30.3 Å². The Hall–Kier alpha value is -3.12. The van der Waals surface area contributed by atoms with Gasteiger partial charge in [0, 0.05) is 23.6 Å². The van der Waals surface area contributed by atoms with Crippen molar-refractivity contribution in [2.24, 2.45) is 5.92 Å². The Kier molecular flexibility index (Phi) is 8.39. The molecule has 0 aromatic heterocycles. The van der Waals surface area contributed by atoms with Gasteiger partial charge in [0.1, 0.15) is 11.6 Å². The summed E-state index contributed by atoms with van der Waals surface area (Å²) in [5.74, 6) is -7.70. The molecule has 1 heterocycles. The highest BCUT2D eigenvalue weighted by atomic mass is 19.3. The van der Waals surface area contributed by atoms with E-state index in [1.54, 1.807) is 6.08 Å². The summed E-state index contributed by atoms with van der Waals surface area (Å²) in [6, 6.07) is 0.240. The van der Waals surface area contributed by atoms with Crippen molar-refractivity contribution in [1.82, 2.24) is 0 Å². The zero-order valence-corrected chi connectivity index (χ0v) is 17.8. The molecule has 4 nitrogen and oxygen atoms in total. The number of benzene rings is 2. The fourth-order valence-electron chi connectivity index (χ4n) is 3.19. The van der Waals surface area contributed by atoms with Crippen molar-refractivity contribution in [3.63, 3.8) is 0 Å². The maximum Gasteiger partial charge on any atom is 0.429 e. The van der Waals surface area contributed by atoms with E-state index in [1.165, 1.54) is 0 Å². The van der Waals surface area contributed by atoms with Crippen molar-refractivity contribution < 1.29 is 54.1 Å². The van der Waals surface area contributed by atoms with E-state index >= 15 is 0 Å². The summed E-state index contributed by atoms with van der Waals surface area (Å²) < 4.78 is 127. The molecule has 35 heavy (non-hydrogen) atoms. The summed E-state index contributed by atoms with van der Waals surface area (Å²) in [6.45, 7) is 4.25. The van der Waals surface area contributed by atoms with Crippen LogP contribution in [-0.4, -0.2) is 13.2 Å². The molecular formula is C23H18F8O4. The molecule has 0 amide bonds. The van der Waals surface area contributed by atoms with E-state index in [9.17, 15) is 35.1 Å². The monoisotopic (exact) mass is 510 g/mol. The molecule has 1 aliphatic rings. The molecule has 0 unspecified atom stereocenters. The van der Waals surface area contributed by atoms with Crippen molar-refractivity contribution in [2.75, 3.05) is 13.2 Å². The highest BCUT2D eigenvalue weighted by Gasteiger charge is 2.39.